The Balaban J connectivity index is 2.13. The SMILES string of the molecule is C[C@@H]1C[C@@H](O)C[C@]2(CC(=O)C[C@H](C)O2)O1. The number of carbonyl (C=O) groups excluding carboxylic acids is 1. The van der Waals surface area contributed by atoms with Crippen LogP contribution in [0.5, 0.6) is 0 Å². The standard InChI is InChI=1S/C11H18O4/c1-7-3-9(12)5-11(14-7)6-10(13)4-8(2)15-11/h7-9,12H,3-6H2,1-2H3/t7-,8+,9-,11+/m1/s1. The molecule has 0 bridgehead atoms. The van der Waals surface area contributed by atoms with Crippen LogP contribution in [0.4, 0.5) is 0 Å². The molecule has 4 heteroatoms. The van der Waals surface area contributed by atoms with Crippen molar-refractivity contribution in [3.8, 4) is 0 Å². The molecule has 0 radical (unpaired) electrons. The number of hydrogen-bond acceptors (Lipinski definition) is 4. The lowest BCUT2D eigenvalue weighted by molar-refractivity contribution is -0.313. The Morgan fingerprint density at radius 3 is 2.60 bits per heavy atom. The first-order valence-electron chi connectivity index (χ1n) is 5.54. The van der Waals surface area contributed by atoms with Gasteiger partial charge in [0.05, 0.1) is 24.7 Å². The average Bonchev–Trinajstić information content (AvgIpc) is 1.96. The molecule has 2 aliphatic heterocycles. The Kier molecular flexibility index (Phi) is 2.83. The summed E-state index contributed by atoms with van der Waals surface area (Å²) in [6.07, 6.45) is 1.18. The molecule has 4 nitrogen and oxygen atoms in total. The topological polar surface area (TPSA) is 55.8 Å². The lowest BCUT2D eigenvalue weighted by atomic mass is 9.91. The first-order chi connectivity index (χ1) is 6.99. The molecule has 2 rings (SSSR count). The maximum Gasteiger partial charge on any atom is 0.178 e. The van der Waals surface area contributed by atoms with Gasteiger partial charge in [0.1, 0.15) is 5.78 Å². The van der Waals surface area contributed by atoms with Crippen molar-refractivity contribution in [3.63, 3.8) is 0 Å². The molecular formula is C11H18O4. The van der Waals surface area contributed by atoms with Crippen LogP contribution >= 0.6 is 0 Å². The molecule has 0 aliphatic carbocycles. The highest BCUT2D eigenvalue weighted by Crippen LogP contribution is 2.37. The average molecular weight is 214 g/mol. The molecule has 2 fully saturated rings. The minimum atomic E-state index is -0.855. The predicted octanol–water partition coefficient (Wildman–Crippen LogP) is 1.01. The maximum absolute atomic E-state index is 11.5. The Hall–Kier alpha value is -0.450. The van der Waals surface area contributed by atoms with Crippen LogP contribution in [0.2, 0.25) is 0 Å². The number of ether oxygens (including phenoxy) is 2. The smallest absolute Gasteiger partial charge is 0.178 e. The molecular weight excluding hydrogens is 196 g/mol. The molecule has 0 aromatic heterocycles. The summed E-state index contributed by atoms with van der Waals surface area (Å²) in [6.45, 7) is 3.77. The van der Waals surface area contributed by atoms with Gasteiger partial charge in [-0.3, -0.25) is 4.79 Å². The minimum Gasteiger partial charge on any atom is -0.393 e. The van der Waals surface area contributed by atoms with Gasteiger partial charge in [0.25, 0.3) is 0 Å². The zero-order chi connectivity index (χ0) is 11.1. The van der Waals surface area contributed by atoms with Crippen LogP contribution in [0.1, 0.15) is 39.5 Å². The summed E-state index contributed by atoms with van der Waals surface area (Å²) >= 11 is 0. The first kappa shape index (κ1) is 11.0. The summed E-state index contributed by atoms with van der Waals surface area (Å²) in [6, 6.07) is 0. The van der Waals surface area contributed by atoms with E-state index in [0.29, 0.717) is 19.3 Å². The highest BCUT2D eigenvalue weighted by atomic mass is 16.7. The van der Waals surface area contributed by atoms with Crippen LogP contribution in [0, 0.1) is 0 Å². The van der Waals surface area contributed by atoms with Crippen molar-refractivity contribution in [1.82, 2.24) is 0 Å². The molecule has 15 heavy (non-hydrogen) atoms. The number of Topliss-reactive ketones (excluding diaryl/α,β-unsaturated/α-hetero) is 1. The third-order valence-corrected chi connectivity index (χ3v) is 2.96. The second-order valence-corrected chi connectivity index (χ2v) is 4.78. The van der Waals surface area contributed by atoms with Crippen LogP contribution in [-0.4, -0.2) is 35.0 Å². The third-order valence-electron chi connectivity index (χ3n) is 2.96. The largest absolute Gasteiger partial charge is 0.393 e. The summed E-state index contributed by atoms with van der Waals surface area (Å²) in [4.78, 5) is 11.5. The van der Waals surface area contributed by atoms with E-state index in [4.69, 9.17) is 9.47 Å². The van der Waals surface area contributed by atoms with Crippen LogP contribution in [0.25, 0.3) is 0 Å². The van der Waals surface area contributed by atoms with Gasteiger partial charge in [-0.2, -0.15) is 0 Å². The number of ketones is 1. The fourth-order valence-corrected chi connectivity index (χ4v) is 2.62. The van der Waals surface area contributed by atoms with Gasteiger partial charge in [0.15, 0.2) is 5.79 Å². The van der Waals surface area contributed by atoms with E-state index in [1.165, 1.54) is 0 Å². The fraction of sp³-hybridized carbons (Fsp3) is 0.909. The van der Waals surface area contributed by atoms with E-state index >= 15 is 0 Å². The van der Waals surface area contributed by atoms with E-state index in [1.54, 1.807) is 0 Å². The molecule has 2 aliphatic rings. The zero-order valence-corrected chi connectivity index (χ0v) is 9.23. The van der Waals surface area contributed by atoms with E-state index in [2.05, 4.69) is 0 Å². The fourth-order valence-electron chi connectivity index (χ4n) is 2.62. The number of aliphatic hydroxyl groups excluding tert-OH is 1. The van der Waals surface area contributed by atoms with Crippen molar-refractivity contribution in [1.29, 1.82) is 0 Å². The Labute approximate surface area is 89.6 Å². The summed E-state index contributed by atoms with van der Waals surface area (Å²) in [5, 5.41) is 9.70. The van der Waals surface area contributed by atoms with E-state index in [0.717, 1.165) is 0 Å². The molecule has 0 saturated carbocycles. The zero-order valence-electron chi connectivity index (χ0n) is 9.23. The minimum absolute atomic E-state index is 0.0492. The molecule has 0 unspecified atom stereocenters. The van der Waals surface area contributed by atoms with Crippen molar-refractivity contribution in [2.45, 2.75) is 63.6 Å². The Morgan fingerprint density at radius 1 is 1.33 bits per heavy atom. The summed E-state index contributed by atoms with van der Waals surface area (Å²) in [7, 11) is 0. The summed E-state index contributed by atoms with van der Waals surface area (Å²) in [5.41, 5.74) is 0. The first-order valence-corrected chi connectivity index (χ1v) is 5.54. The highest BCUT2D eigenvalue weighted by molar-refractivity contribution is 5.80. The molecule has 0 aromatic rings. The van der Waals surface area contributed by atoms with Gasteiger partial charge in [-0.1, -0.05) is 0 Å². The van der Waals surface area contributed by atoms with E-state index < -0.39 is 11.9 Å². The summed E-state index contributed by atoms with van der Waals surface area (Å²) < 4.78 is 11.4. The van der Waals surface area contributed by atoms with Crippen molar-refractivity contribution in [3.05, 3.63) is 0 Å². The number of aliphatic hydroxyl groups is 1. The molecule has 0 aromatic carbocycles. The molecule has 0 amide bonds. The monoisotopic (exact) mass is 214 g/mol. The van der Waals surface area contributed by atoms with Gasteiger partial charge in [0, 0.05) is 12.8 Å². The van der Waals surface area contributed by atoms with Crippen molar-refractivity contribution >= 4 is 5.78 Å². The quantitative estimate of drug-likeness (QED) is 0.654. The Morgan fingerprint density at radius 2 is 2.00 bits per heavy atom. The molecule has 86 valence electrons. The molecule has 1 N–H and O–H groups in total. The maximum atomic E-state index is 11.5. The van der Waals surface area contributed by atoms with Crippen molar-refractivity contribution < 1.29 is 19.4 Å². The van der Waals surface area contributed by atoms with Crippen LogP contribution < -0.4 is 0 Å². The second-order valence-electron chi connectivity index (χ2n) is 4.78. The predicted molar refractivity (Wildman–Crippen MR) is 53.3 cm³/mol. The van der Waals surface area contributed by atoms with Crippen molar-refractivity contribution in [2.75, 3.05) is 0 Å². The second kappa shape index (κ2) is 3.85. The third kappa shape index (κ3) is 2.38. The normalized spacial score (nSPS) is 47.1. The van der Waals surface area contributed by atoms with Gasteiger partial charge in [-0.25, -0.2) is 0 Å². The van der Waals surface area contributed by atoms with Gasteiger partial charge >= 0.3 is 0 Å². The summed E-state index contributed by atoms with van der Waals surface area (Å²) in [5.74, 6) is -0.693. The van der Waals surface area contributed by atoms with Gasteiger partial charge in [-0.15, -0.1) is 0 Å². The van der Waals surface area contributed by atoms with Crippen LogP contribution in [0.3, 0.4) is 0 Å². The van der Waals surface area contributed by atoms with E-state index in [9.17, 15) is 9.90 Å². The van der Waals surface area contributed by atoms with E-state index in [-0.39, 0.29) is 24.4 Å². The molecule has 2 heterocycles. The number of rotatable bonds is 0. The van der Waals surface area contributed by atoms with Crippen LogP contribution in [0.15, 0.2) is 0 Å². The lowest BCUT2D eigenvalue weighted by Gasteiger charge is -2.45. The number of carbonyl (C=O) groups is 1. The van der Waals surface area contributed by atoms with Gasteiger partial charge < -0.3 is 14.6 Å². The highest BCUT2D eigenvalue weighted by Gasteiger charge is 2.46. The van der Waals surface area contributed by atoms with E-state index in [1.807, 2.05) is 13.8 Å². The van der Waals surface area contributed by atoms with Crippen molar-refractivity contribution in [2.24, 2.45) is 0 Å². The lowest BCUT2D eigenvalue weighted by Crippen LogP contribution is -2.52. The molecule has 2 saturated heterocycles. The number of hydrogen-bond donors (Lipinski definition) is 1. The Bertz CT molecular complexity index is 248. The van der Waals surface area contributed by atoms with Gasteiger partial charge in [0.2, 0.25) is 0 Å². The van der Waals surface area contributed by atoms with Gasteiger partial charge in [-0.05, 0) is 20.3 Å². The molecule has 1 spiro atoms. The van der Waals surface area contributed by atoms with Crippen LogP contribution in [-0.2, 0) is 14.3 Å². The molecule has 4 atom stereocenters.